The number of amides is 2. The predicted octanol–water partition coefficient (Wildman–Crippen LogP) is 1.43. The normalized spacial score (nSPS) is 15.7. The molecular formula is C14H26N2O4. The molecule has 1 rings (SSSR count). The van der Waals surface area contributed by atoms with Crippen LogP contribution in [-0.2, 0) is 4.79 Å². The third-order valence-corrected chi connectivity index (χ3v) is 3.76. The van der Waals surface area contributed by atoms with Crippen LogP contribution in [0.3, 0.4) is 0 Å². The van der Waals surface area contributed by atoms with E-state index in [0.29, 0.717) is 25.4 Å². The molecule has 0 aliphatic heterocycles. The van der Waals surface area contributed by atoms with Crippen LogP contribution in [-0.4, -0.2) is 52.9 Å². The number of rotatable bonds is 10. The molecule has 0 aromatic rings. The van der Waals surface area contributed by atoms with E-state index in [1.165, 1.54) is 0 Å². The molecule has 1 unspecified atom stereocenters. The van der Waals surface area contributed by atoms with Gasteiger partial charge >= 0.3 is 12.0 Å². The largest absolute Gasteiger partial charge is 0.481 e. The Morgan fingerprint density at radius 1 is 1.35 bits per heavy atom. The first-order valence-corrected chi connectivity index (χ1v) is 7.45. The molecule has 116 valence electrons. The number of urea groups is 1. The number of aliphatic carboxylic acids is 1. The highest BCUT2D eigenvalue weighted by molar-refractivity contribution is 5.74. The maximum atomic E-state index is 12.0. The number of nitrogens with zero attached hydrogens (tertiary/aromatic N) is 1. The van der Waals surface area contributed by atoms with Crippen LogP contribution < -0.4 is 5.32 Å². The summed E-state index contributed by atoms with van der Waals surface area (Å²) in [4.78, 5) is 24.2. The van der Waals surface area contributed by atoms with Crippen molar-refractivity contribution in [2.45, 2.75) is 51.5 Å². The second-order valence-corrected chi connectivity index (χ2v) is 5.38. The van der Waals surface area contributed by atoms with Crippen LogP contribution in [0.4, 0.5) is 4.79 Å². The lowest BCUT2D eigenvalue weighted by Crippen LogP contribution is -2.43. The molecule has 6 heteroatoms. The number of hydrogen-bond acceptors (Lipinski definition) is 3. The van der Waals surface area contributed by atoms with Crippen molar-refractivity contribution in [2.75, 3.05) is 19.7 Å². The average Bonchev–Trinajstić information content (AvgIpc) is 3.23. The molecular weight excluding hydrogens is 260 g/mol. The minimum Gasteiger partial charge on any atom is -0.481 e. The van der Waals surface area contributed by atoms with Gasteiger partial charge in [-0.1, -0.05) is 13.3 Å². The van der Waals surface area contributed by atoms with Crippen LogP contribution in [0.5, 0.6) is 0 Å². The molecule has 0 spiro atoms. The number of nitrogens with one attached hydrogen (secondary N) is 1. The molecule has 1 saturated carbocycles. The molecule has 0 heterocycles. The highest BCUT2D eigenvalue weighted by atomic mass is 16.4. The number of hydrogen-bond donors (Lipinski definition) is 3. The van der Waals surface area contributed by atoms with Crippen molar-refractivity contribution in [3.05, 3.63) is 0 Å². The van der Waals surface area contributed by atoms with Gasteiger partial charge in [-0.05, 0) is 31.6 Å². The Kier molecular flexibility index (Phi) is 7.36. The topological polar surface area (TPSA) is 89.9 Å². The number of aliphatic hydroxyl groups is 1. The van der Waals surface area contributed by atoms with Crippen LogP contribution in [0, 0.1) is 5.92 Å². The summed E-state index contributed by atoms with van der Waals surface area (Å²) in [5.41, 5.74) is 0. The van der Waals surface area contributed by atoms with Gasteiger partial charge in [-0.15, -0.1) is 0 Å². The van der Waals surface area contributed by atoms with Crippen molar-refractivity contribution in [3.63, 3.8) is 0 Å². The van der Waals surface area contributed by atoms with E-state index >= 15 is 0 Å². The zero-order valence-corrected chi connectivity index (χ0v) is 12.2. The van der Waals surface area contributed by atoms with Crippen LogP contribution >= 0.6 is 0 Å². The number of carbonyl (C=O) groups excluding carboxylic acids is 1. The van der Waals surface area contributed by atoms with E-state index < -0.39 is 5.97 Å². The van der Waals surface area contributed by atoms with Crippen molar-refractivity contribution < 1.29 is 19.8 Å². The molecule has 1 aliphatic carbocycles. The standard InChI is InChI=1S/C14H26N2O4/c1-2-11(3-6-13(18)19)7-8-15-14(20)16(9-10-17)12-4-5-12/h11-12,17H,2-10H2,1H3,(H,15,20)(H,18,19). The number of aliphatic hydroxyl groups excluding tert-OH is 1. The third kappa shape index (κ3) is 6.23. The van der Waals surface area contributed by atoms with E-state index in [0.717, 1.165) is 25.7 Å². The van der Waals surface area contributed by atoms with Crippen molar-refractivity contribution in [1.29, 1.82) is 0 Å². The second-order valence-electron chi connectivity index (χ2n) is 5.38. The van der Waals surface area contributed by atoms with Crippen LogP contribution in [0.25, 0.3) is 0 Å². The molecule has 2 amide bonds. The minimum atomic E-state index is -0.768. The summed E-state index contributed by atoms with van der Waals surface area (Å²) in [5.74, 6) is -0.436. The Morgan fingerprint density at radius 3 is 2.55 bits per heavy atom. The molecule has 1 aliphatic rings. The van der Waals surface area contributed by atoms with Crippen molar-refractivity contribution >= 4 is 12.0 Å². The highest BCUT2D eigenvalue weighted by Crippen LogP contribution is 2.26. The molecule has 0 saturated heterocycles. The SMILES string of the molecule is CCC(CCNC(=O)N(CCO)C1CC1)CCC(=O)O. The zero-order chi connectivity index (χ0) is 15.0. The van der Waals surface area contributed by atoms with Crippen molar-refractivity contribution in [2.24, 2.45) is 5.92 Å². The number of carbonyl (C=O) groups is 2. The van der Waals surface area contributed by atoms with Crippen LogP contribution in [0.15, 0.2) is 0 Å². The monoisotopic (exact) mass is 286 g/mol. The Balaban J connectivity index is 2.23. The first-order valence-electron chi connectivity index (χ1n) is 7.45. The lowest BCUT2D eigenvalue weighted by atomic mass is 9.97. The van der Waals surface area contributed by atoms with Crippen molar-refractivity contribution in [3.8, 4) is 0 Å². The van der Waals surface area contributed by atoms with E-state index in [1.54, 1.807) is 4.90 Å². The Hall–Kier alpha value is -1.30. The van der Waals surface area contributed by atoms with Gasteiger partial charge in [-0.2, -0.15) is 0 Å². The molecule has 0 aromatic carbocycles. The molecule has 0 bridgehead atoms. The first kappa shape index (κ1) is 16.8. The summed E-state index contributed by atoms with van der Waals surface area (Å²) in [6, 6.07) is 0.172. The molecule has 1 fully saturated rings. The van der Waals surface area contributed by atoms with E-state index in [9.17, 15) is 9.59 Å². The molecule has 1 atom stereocenters. The van der Waals surface area contributed by atoms with Gasteiger partial charge in [0.05, 0.1) is 6.61 Å². The quantitative estimate of drug-likeness (QED) is 0.567. The Bertz CT molecular complexity index is 318. The molecule has 3 N–H and O–H groups in total. The molecule has 0 aromatic heterocycles. The second kappa shape index (κ2) is 8.79. The minimum absolute atomic E-state index is 0.0138. The van der Waals surface area contributed by atoms with Gasteiger partial charge in [-0.25, -0.2) is 4.79 Å². The summed E-state index contributed by atoms with van der Waals surface area (Å²) in [6.45, 7) is 2.97. The fraction of sp³-hybridized carbons (Fsp3) is 0.857. The van der Waals surface area contributed by atoms with E-state index in [1.807, 2.05) is 6.92 Å². The smallest absolute Gasteiger partial charge is 0.317 e. The summed E-state index contributed by atoms with van der Waals surface area (Å²) in [6.07, 6.45) is 4.60. The van der Waals surface area contributed by atoms with Gasteiger partial charge in [0.15, 0.2) is 0 Å². The summed E-state index contributed by atoms with van der Waals surface area (Å²) >= 11 is 0. The fourth-order valence-corrected chi connectivity index (χ4v) is 2.31. The lowest BCUT2D eigenvalue weighted by molar-refractivity contribution is -0.137. The van der Waals surface area contributed by atoms with Gasteiger partial charge in [-0.3, -0.25) is 4.79 Å². The van der Waals surface area contributed by atoms with Gasteiger partial charge in [0.2, 0.25) is 0 Å². The first-order chi connectivity index (χ1) is 9.58. The molecule has 20 heavy (non-hydrogen) atoms. The van der Waals surface area contributed by atoms with Gasteiger partial charge in [0.1, 0.15) is 0 Å². The number of carboxylic acid groups (broad SMARTS) is 1. The molecule has 0 radical (unpaired) electrons. The molecule has 6 nitrogen and oxygen atoms in total. The van der Waals surface area contributed by atoms with Crippen LogP contribution in [0.1, 0.15) is 45.4 Å². The zero-order valence-electron chi connectivity index (χ0n) is 12.2. The predicted molar refractivity (Wildman–Crippen MR) is 75.5 cm³/mol. The lowest BCUT2D eigenvalue weighted by Gasteiger charge is -2.22. The maximum Gasteiger partial charge on any atom is 0.317 e. The van der Waals surface area contributed by atoms with E-state index in [2.05, 4.69) is 5.32 Å². The fourth-order valence-electron chi connectivity index (χ4n) is 2.31. The average molecular weight is 286 g/mol. The highest BCUT2D eigenvalue weighted by Gasteiger charge is 2.31. The summed E-state index contributed by atoms with van der Waals surface area (Å²) in [5, 5.41) is 20.5. The van der Waals surface area contributed by atoms with Gasteiger partial charge in [0.25, 0.3) is 0 Å². The summed E-state index contributed by atoms with van der Waals surface area (Å²) in [7, 11) is 0. The van der Waals surface area contributed by atoms with E-state index in [-0.39, 0.29) is 25.1 Å². The van der Waals surface area contributed by atoms with Crippen molar-refractivity contribution in [1.82, 2.24) is 10.2 Å². The Morgan fingerprint density at radius 2 is 2.05 bits per heavy atom. The van der Waals surface area contributed by atoms with Gasteiger partial charge < -0.3 is 20.4 Å². The Labute approximate surface area is 120 Å². The van der Waals surface area contributed by atoms with E-state index in [4.69, 9.17) is 10.2 Å². The third-order valence-electron chi connectivity index (χ3n) is 3.76. The van der Waals surface area contributed by atoms with Crippen LogP contribution in [0.2, 0.25) is 0 Å². The van der Waals surface area contributed by atoms with Gasteiger partial charge in [0, 0.05) is 25.6 Å². The number of carboxylic acids is 1. The maximum absolute atomic E-state index is 12.0. The summed E-state index contributed by atoms with van der Waals surface area (Å²) < 4.78 is 0.